The van der Waals surface area contributed by atoms with Crippen molar-refractivity contribution in [3.05, 3.63) is 69.4 Å². The van der Waals surface area contributed by atoms with Crippen LogP contribution in [-0.2, 0) is 9.63 Å². The zero-order valence-electron chi connectivity index (χ0n) is 15.8. The molecule has 1 atom stereocenters. The number of allylic oxidation sites excluding steroid dienone is 5. The van der Waals surface area contributed by atoms with E-state index in [0.717, 1.165) is 23.3 Å². The molecule has 0 saturated heterocycles. The second-order valence-electron chi connectivity index (χ2n) is 6.52. The van der Waals surface area contributed by atoms with Crippen molar-refractivity contribution in [1.82, 2.24) is 5.32 Å². The maximum Gasteiger partial charge on any atom is 0.224 e. The quantitative estimate of drug-likeness (QED) is 0.488. The molecule has 1 unspecified atom stereocenters. The van der Waals surface area contributed by atoms with Gasteiger partial charge >= 0.3 is 0 Å². The number of hydrogen-bond acceptors (Lipinski definition) is 3. The molecule has 1 amide bonds. The first-order chi connectivity index (χ1) is 12.9. The van der Waals surface area contributed by atoms with Crippen LogP contribution in [0.3, 0.4) is 0 Å². The molecule has 6 heteroatoms. The van der Waals surface area contributed by atoms with Crippen LogP contribution >= 0.6 is 23.2 Å². The van der Waals surface area contributed by atoms with Crippen LogP contribution in [0, 0.1) is 5.92 Å². The fourth-order valence-corrected chi connectivity index (χ4v) is 3.04. The van der Waals surface area contributed by atoms with Gasteiger partial charge in [0.15, 0.2) is 0 Å². The summed E-state index contributed by atoms with van der Waals surface area (Å²) in [6.07, 6.45) is 9.92. The van der Waals surface area contributed by atoms with Gasteiger partial charge in [-0.1, -0.05) is 59.6 Å². The largest absolute Gasteiger partial charge is 0.399 e. The van der Waals surface area contributed by atoms with Crippen molar-refractivity contribution in [2.45, 2.75) is 33.1 Å². The Hall–Kier alpha value is -2.04. The molecule has 0 aromatic heterocycles. The van der Waals surface area contributed by atoms with Crippen LogP contribution in [0.2, 0.25) is 10.0 Å². The molecular formula is C21H24Cl2N2O2. The van der Waals surface area contributed by atoms with E-state index in [0.29, 0.717) is 28.1 Å². The van der Waals surface area contributed by atoms with Crippen LogP contribution in [0.25, 0.3) is 0 Å². The molecule has 0 saturated carbocycles. The van der Waals surface area contributed by atoms with Crippen molar-refractivity contribution in [1.29, 1.82) is 0 Å². The fraction of sp³-hybridized carbons (Fsp3) is 0.333. The highest BCUT2D eigenvalue weighted by atomic mass is 35.5. The summed E-state index contributed by atoms with van der Waals surface area (Å²) in [7, 11) is 1.47. The molecule has 1 aromatic rings. The van der Waals surface area contributed by atoms with Crippen LogP contribution in [-0.4, -0.2) is 18.7 Å². The minimum Gasteiger partial charge on any atom is -0.399 e. The molecule has 0 radical (unpaired) electrons. The molecule has 0 spiro atoms. The third kappa shape index (κ3) is 6.89. The number of benzene rings is 1. The number of nitrogens with zero attached hydrogens (tertiary/aromatic N) is 1. The average Bonchev–Trinajstić information content (AvgIpc) is 2.59. The van der Waals surface area contributed by atoms with Gasteiger partial charge in [0.05, 0.1) is 15.8 Å². The third-order valence-corrected chi connectivity index (χ3v) is 4.80. The van der Waals surface area contributed by atoms with Gasteiger partial charge in [0.2, 0.25) is 5.91 Å². The Balaban J connectivity index is 2.04. The van der Waals surface area contributed by atoms with E-state index in [2.05, 4.69) is 35.6 Å². The Kier molecular flexibility index (Phi) is 8.14. The Bertz CT molecular complexity index is 810. The van der Waals surface area contributed by atoms with Crippen molar-refractivity contribution in [2.75, 3.05) is 7.11 Å². The molecule has 144 valence electrons. The normalized spacial score (nSPS) is 17.5. The Labute approximate surface area is 170 Å². The van der Waals surface area contributed by atoms with Crippen molar-refractivity contribution in [3.63, 3.8) is 0 Å². The van der Waals surface area contributed by atoms with Crippen molar-refractivity contribution in [3.8, 4) is 0 Å². The number of hydrogen-bond donors (Lipinski definition) is 1. The maximum absolute atomic E-state index is 12.4. The molecular weight excluding hydrogens is 383 g/mol. The van der Waals surface area contributed by atoms with E-state index >= 15 is 0 Å². The molecule has 1 N–H and O–H groups in total. The SMILES string of the molecule is CON=C(CCC(=O)NC1=CC(C)CC=CC(C)=C1)c1ccc(Cl)c(Cl)c1. The van der Waals surface area contributed by atoms with Crippen LogP contribution in [0.4, 0.5) is 0 Å². The zero-order chi connectivity index (χ0) is 19.8. The second-order valence-corrected chi connectivity index (χ2v) is 7.34. The third-order valence-electron chi connectivity index (χ3n) is 4.06. The fourth-order valence-electron chi connectivity index (χ4n) is 2.75. The lowest BCUT2D eigenvalue weighted by molar-refractivity contribution is -0.120. The van der Waals surface area contributed by atoms with E-state index in [9.17, 15) is 4.79 Å². The predicted molar refractivity (Wildman–Crippen MR) is 112 cm³/mol. The van der Waals surface area contributed by atoms with E-state index < -0.39 is 0 Å². The number of oxime groups is 1. The van der Waals surface area contributed by atoms with Gasteiger partial charge in [0, 0.05) is 24.1 Å². The topological polar surface area (TPSA) is 50.7 Å². The Morgan fingerprint density at radius 2 is 2.07 bits per heavy atom. The van der Waals surface area contributed by atoms with E-state index in [1.165, 1.54) is 7.11 Å². The van der Waals surface area contributed by atoms with Crippen molar-refractivity contribution < 1.29 is 9.63 Å². The first-order valence-corrected chi connectivity index (χ1v) is 9.56. The lowest BCUT2D eigenvalue weighted by Gasteiger charge is -2.13. The molecule has 1 aromatic carbocycles. The number of halogens is 2. The second kappa shape index (κ2) is 10.3. The standard InChI is InChI=1S/C21H24Cl2N2O2/c1-14-5-4-6-15(2)12-17(11-14)24-21(26)10-9-20(25-27-3)16-7-8-18(22)19(23)13-16/h4-5,7-8,11-13,15H,6,9-10H2,1-3H3,(H,24,26). The predicted octanol–water partition coefficient (Wildman–Crippen LogP) is 5.67. The molecule has 0 bridgehead atoms. The minimum absolute atomic E-state index is 0.0779. The van der Waals surface area contributed by atoms with Gasteiger partial charge in [-0.25, -0.2) is 0 Å². The Morgan fingerprint density at radius 1 is 1.30 bits per heavy atom. The first kappa shape index (κ1) is 21.3. The van der Waals surface area contributed by atoms with Crippen molar-refractivity contribution >= 4 is 34.8 Å². The van der Waals surface area contributed by atoms with Gasteiger partial charge < -0.3 is 10.2 Å². The molecule has 0 heterocycles. The minimum atomic E-state index is -0.0779. The van der Waals surface area contributed by atoms with Gasteiger partial charge in [-0.3, -0.25) is 4.79 Å². The lowest BCUT2D eigenvalue weighted by atomic mass is 10.0. The molecule has 27 heavy (non-hydrogen) atoms. The summed E-state index contributed by atoms with van der Waals surface area (Å²) >= 11 is 12.0. The van der Waals surface area contributed by atoms with Crippen LogP contribution < -0.4 is 5.32 Å². The number of amides is 1. The lowest BCUT2D eigenvalue weighted by Crippen LogP contribution is -2.23. The summed E-state index contributed by atoms with van der Waals surface area (Å²) in [6.45, 7) is 4.14. The number of nitrogens with one attached hydrogen (secondary N) is 1. The molecule has 1 aliphatic carbocycles. The number of carbonyl (C=O) groups is 1. The van der Waals surface area contributed by atoms with E-state index in [1.54, 1.807) is 18.2 Å². The highest BCUT2D eigenvalue weighted by molar-refractivity contribution is 6.42. The zero-order valence-corrected chi connectivity index (χ0v) is 17.3. The summed E-state index contributed by atoms with van der Waals surface area (Å²) in [4.78, 5) is 17.4. The van der Waals surface area contributed by atoms with Crippen LogP contribution in [0.15, 0.2) is 58.9 Å². The van der Waals surface area contributed by atoms with Crippen molar-refractivity contribution in [2.24, 2.45) is 11.1 Å². The van der Waals surface area contributed by atoms with E-state index in [4.69, 9.17) is 28.0 Å². The Morgan fingerprint density at radius 3 is 2.78 bits per heavy atom. The average molecular weight is 407 g/mol. The maximum atomic E-state index is 12.4. The van der Waals surface area contributed by atoms with E-state index in [1.807, 2.05) is 13.0 Å². The van der Waals surface area contributed by atoms with Crippen LogP contribution in [0.1, 0.15) is 38.7 Å². The molecule has 1 aliphatic rings. The summed E-state index contributed by atoms with van der Waals surface area (Å²) in [6, 6.07) is 5.23. The number of carbonyl (C=O) groups excluding carboxylic acids is 1. The highest BCUT2D eigenvalue weighted by Crippen LogP contribution is 2.24. The smallest absolute Gasteiger partial charge is 0.224 e. The van der Waals surface area contributed by atoms with Gasteiger partial charge in [-0.15, -0.1) is 0 Å². The van der Waals surface area contributed by atoms with Gasteiger partial charge in [-0.2, -0.15) is 0 Å². The van der Waals surface area contributed by atoms with E-state index in [-0.39, 0.29) is 12.3 Å². The van der Waals surface area contributed by atoms with Gasteiger partial charge in [0.25, 0.3) is 0 Å². The molecule has 4 nitrogen and oxygen atoms in total. The van der Waals surface area contributed by atoms with Crippen LogP contribution in [0.5, 0.6) is 0 Å². The summed E-state index contributed by atoms with van der Waals surface area (Å²) in [5.74, 6) is 0.286. The summed E-state index contributed by atoms with van der Waals surface area (Å²) < 4.78 is 0. The molecule has 2 rings (SSSR count). The first-order valence-electron chi connectivity index (χ1n) is 8.81. The van der Waals surface area contributed by atoms with Gasteiger partial charge in [-0.05, 0) is 43.0 Å². The highest BCUT2D eigenvalue weighted by Gasteiger charge is 2.12. The molecule has 0 fully saturated rings. The number of rotatable bonds is 6. The molecule has 0 aliphatic heterocycles. The summed E-state index contributed by atoms with van der Waals surface area (Å²) in [5, 5.41) is 7.92. The van der Waals surface area contributed by atoms with Gasteiger partial charge in [0.1, 0.15) is 7.11 Å². The summed E-state index contributed by atoms with van der Waals surface area (Å²) in [5.41, 5.74) is 3.35. The monoisotopic (exact) mass is 406 g/mol.